The van der Waals surface area contributed by atoms with Crippen LogP contribution in [0.2, 0.25) is 0 Å². The lowest BCUT2D eigenvalue weighted by Crippen LogP contribution is -2.31. The number of ether oxygens (including phenoxy) is 1. The number of nitrogens with one attached hydrogen (secondary N) is 2. The molecule has 27 heavy (non-hydrogen) atoms. The molecule has 2 aromatic rings. The third-order valence-corrected chi connectivity index (χ3v) is 5.96. The lowest BCUT2D eigenvalue weighted by Gasteiger charge is -2.13. The second-order valence-electron chi connectivity index (χ2n) is 6.79. The average molecular weight is 388 g/mol. The molecule has 1 aliphatic heterocycles. The number of rotatable bonds is 6. The van der Waals surface area contributed by atoms with Crippen molar-refractivity contribution in [1.82, 2.24) is 5.32 Å². The van der Waals surface area contributed by atoms with Crippen molar-refractivity contribution in [2.75, 3.05) is 17.9 Å². The Bertz CT molecular complexity index is 917. The highest BCUT2D eigenvalue weighted by Crippen LogP contribution is 2.21. The van der Waals surface area contributed by atoms with Gasteiger partial charge in [-0.05, 0) is 62.6 Å². The Labute approximate surface area is 160 Å². The summed E-state index contributed by atoms with van der Waals surface area (Å²) in [5.74, 6) is -0.193. The second-order valence-corrected chi connectivity index (χ2v) is 8.48. The monoisotopic (exact) mass is 388 g/mol. The summed E-state index contributed by atoms with van der Waals surface area (Å²) in [5.41, 5.74) is 2.61. The van der Waals surface area contributed by atoms with Crippen molar-refractivity contribution >= 4 is 21.6 Å². The minimum absolute atomic E-state index is 0.0793. The summed E-state index contributed by atoms with van der Waals surface area (Å²) >= 11 is 0. The van der Waals surface area contributed by atoms with Crippen LogP contribution in [0.5, 0.6) is 0 Å². The summed E-state index contributed by atoms with van der Waals surface area (Å²) in [5, 5.41) is 2.86. The highest BCUT2D eigenvalue weighted by atomic mass is 32.2. The van der Waals surface area contributed by atoms with Gasteiger partial charge in [-0.15, -0.1) is 0 Å². The van der Waals surface area contributed by atoms with Gasteiger partial charge in [0.15, 0.2) is 0 Å². The topological polar surface area (TPSA) is 84.5 Å². The smallest absolute Gasteiger partial charge is 0.261 e. The van der Waals surface area contributed by atoms with Crippen LogP contribution < -0.4 is 10.0 Å². The largest absolute Gasteiger partial charge is 0.376 e. The van der Waals surface area contributed by atoms with Gasteiger partial charge in [0.1, 0.15) is 0 Å². The van der Waals surface area contributed by atoms with E-state index in [-0.39, 0.29) is 16.9 Å². The first kappa shape index (κ1) is 19.4. The number of amides is 1. The predicted octanol–water partition coefficient (Wildman–Crippen LogP) is 3.01. The van der Waals surface area contributed by atoms with Crippen LogP contribution in [-0.2, 0) is 14.8 Å². The fourth-order valence-corrected chi connectivity index (χ4v) is 4.09. The summed E-state index contributed by atoms with van der Waals surface area (Å²) in [6.45, 7) is 4.90. The van der Waals surface area contributed by atoms with E-state index < -0.39 is 10.0 Å². The molecule has 144 valence electrons. The van der Waals surface area contributed by atoms with E-state index >= 15 is 0 Å². The van der Waals surface area contributed by atoms with E-state index in [1.54, 1.807) is 49.4 Å². The summed E-state index contributed by atoms with van der Waals surface area (Å²) in [6, 6.07) is 11.6. The van der Waals surface area contributed by atoms with Crippen LogP contribution in [0.4, 0.5) is 5.69 Å². The van der Waals surface area contributed by atoms with Gasteiger partial charge in [-0.3, -0.25) is 9.52 Å². The van der Waals surface area contributed by atoms with Crippen molar-refractivity contribution < 1.29 is 17.9 Å². The summed E-state index contributed by atoms with van der Waals surface area (Å²) in [6.07, 6.45) is 2.06. The number of carbonyl (C=O) groups is 1. The Balaban J connectivity index is 1.68. The number of anilines is 1. The molecule has 1 amide bonds. The van der Waals surface area contributed by atoms with E-state index in [1.165, 1.54) is 0 Å². The van der Waals surface area contributed by atoms with Gasteiger partial charge in [-0.1, -0.05) is 17.7 Å². The second kappa shape index (κ2) is 8.10. The van der Waals surface area contributed by atoms with Crippen molar-refractivity contribution in [3.8, 4) is 0 Å². The highest BCUT2D eigenvalue weighted by molar-refractivity contribution is 7.92. The molecule has 2 aromatic carbocycles. The quantitative estimate of drug-likeness (QED) is 0.797. The van der Waals surface area contributed by atoms with Crippen molar-refractivity contribution in [1.29, 1.82) is 0 Å². The Kier molecular flexibility index (Phi) is 5.82. The molecule has 6 nitrogen and oxygen atoms in total. The van der Waals surface area contributed by atoms with Crippen LogP contribution in [0, 0.1) is 13.8 Å². The van der Waals surface area contributed by atoms with Gasteiger partial charge in [-0.25, -0.2) is 8.42 Å². The molecule has 0 radical (unpaired) electrons. The number of aryl methyl sites for hydroxylation is 2. The molecule has 2 N–H and O–H groups in total. The van der Waals surface area contributed by atoms with E-state index in [9.17, 15) is 13.2 Å². The van der Waals surface area contributed by atoms with E-state index in [1.807, 2.05) is 6.92 Å². The fraction of sp³-hybridized carbons (Fsp3) is 0.350. The molecule has 0 aromatic heterocycles. The molecule has 3 rings (SSSR count). The maximum absolute atomic E-state index is 12.5. The van der Waals surface area contributed by atoms with Crippen molar-refractivity contribution in [2.45, 2.75) is 37.7 Å². The molecule has 0 saturated carbocycles. The molecule has 1 saturated heterocycles. The van der Waals surface area contributed by atoms with Crippen LogP contribution in [0.3, 0.4) is 0 Å². The molecular formula is C20H24N2O4S. The van der Waals surface area contributed by atoms with Gasteiger partial charge in [0, 0.05) is 18.7 Å². The normalized spacial score (nSPS) is 16.9. The van der Waals surface area contributed by atoms with Crippen molar-refractivity contribution in [2.24, 2.45) is 0 Å². The van der Waals surface area contributed by atoms with Gasteiger partial charge in [0.25, 0.3) is 15.9 Å². The summed E-state index contributed by atoms with van der Waals surface area (Å²) in [4.78, 5) is 12.5. The number of sulfonamides is 1. The van der Waals surface area contributed by atoms with Crippen molar-refractivity contribution in [3.63, 3.8) is 0 Å². The van der Waals surface area contributed by atoms with Crippen LogP contribution >= 0.6 is 0 Å². The average Bonchev–Trinajstić information content (AvgIpc) is 3.15. The van der Waals surface area contributed by atoms with Crippen LogP contribution in [0.15, 0.2) is 47.4 Å². The van der Waals surface area contributed by atoms with E-state index in [4.69, 9.17) is 4.74 Å². The van der Waals surface area contributed by atoms with Gasteiger partial charge >= 0.3 is 0 Å². The molecule has 1 atom stereocenters. The SMILES string of the molecule is Cc1ccc(S(=O)(=O)Nc2ccc(C(=O)NC[C@@H]3CCCO3)cc2C)cc1. The fourth-order valence-electron chi connectivity index (χ4n) is 2.95. The number of carbonyl (C=O) groups excluding carboxylic acids is 1. The number of hydrogen-bond acceptors (Lipinski definition) is 4. The Morgan fingerprint density at radius 1 is 1.15 bits per heavy atom. The Morgan fingerprint density at radius 2 is 1.89 bits per heavy atom. The first-order valence-electron chi connectivity index (χ1n) is 8.95. The van der Waals surface area contributed by atoms with Gasteiger partial charge in [0.2, 0.25) is 0 Å². The third-order valence-electron chi connectivity index (χ3n) is 4.58. The Hall–Kier alpha value is -2.38. The van der Waals surface area contributed by atoms with E-state index in [0.29, 0.717) is 23.4 Å². The standard InChI is InChI=1S/C20H24N2O4S/c1-14-5-8-18(9-6-14)27(24,25)22-19-10-7-16(12-15(19)2)20(23)21-13-17-4-3-11-26-17/h5-10,12,17,22H,3-4,11,13H2,1-2H3,(H,21,23)/t17-/m0/s1. The first-order valence-corrected chi connectivity index (χ1v) is 10.4. The highest BCUT2D eigenvalue weighted by Gasteiger charge is 2.18. The number of hydrogen-bond donors (Lipinski definition) is 2. The van der Waals surface area contributed by atoms with Crippen LogP contribution in [0.25, 0.3) is 0 Å². The zero-order valence-electron chi connectivity index (χ0n) is 15.5. The molecule has 1 heterocycles. The minimum atomic E-state index is -3.67. The van der Waals surface area contributed by atoms with E-state index in [2.05, 4.69) is 10.0 Å². The molecule has 0 spiro atoms. The minimum Gasteiger partial charge on any atom is -0.376 e. The molecule has 7 heteroatoms. The zero-order valence-corrected chi connectivity index (χ0v) is 16.3. The van der Waals surface area contributed by atoms with Crippen LogP contribution in [0.1, 0.15) is 34.3 Å². The Morgan fingerprint density at radius 3 is 2.52 bits per heavy atom. The number of benzene rings is 2. The molecule has 1 fully saturated rings. The molecule has 0 bridgehead atoms. The van der Waals surface area contributed by atoms with Crippen LogP contribution in [-0.4, -0.2) is 33.6 Å². The predicted molar refractivity (Wildman–Crippen MR) is 104 cm³/mol. The third kappa shape index (κ3) is 4.87. The lowest BCUT2D eigenvalue weighted by molar-refractivity contribution is 0.0857. The molecular weight excluding hydrogens is 364 g/mol. The van der Waals surface area contributed by atoms with Gasteiger partial charge in [-0.2, -0.15) is 0 Å². The molecule has 0 aliphatic carbocycles. The van der Waals surface area contributed by atoms with Gasteiger partial charge in [0.05, 0.1) is 16.7 Å². The maximum Gasteiger partial charge on any atom is 0.261 e. The molecule has 1 aliphatic rings. The summed E-state index contributed by atoms with van der Waals surface area (Å²) in [7, 11) is -3.67. The zero-order chi connectivity index (χ0) is 19.4. The van der Waals surface area contributed by atoms with E-state index in [0.717, 1.165) is 25.0 Å². The maximum atomic E-state index is 12.5. The van der Waals surface area contributed by atoms with Crippen molar-refractivity contribution in [3.05, 3.63) is 59.2 Å². The molecule has 0 unspecified atom stereocenters. The summed E-state index contributed by atoms with van der Waals surface area (Å²) < 4.78 is 33.1. The first-order chi connectivity index (χ1) is 12.8. The van der Waals surface area contributed by atoms with Gasteiger partial charge < -0.3 is 10.1 Å². The lowest BCUT2D eigenvalue weighted by atomic mass is 10.1.